The number of alkyl halides is 1. The first-order chi connectivity index (χ1) is 6.76. The molecule has 0 saturated carbocycles. The van der Waals surface area contributed by atoms with Crippen LogP contribution in [-0.4, -0.2) is 11.9 Å². The second-order valence-electron chi connectivity index (χ2n) is 3.94. The summed E-state index contributed by atoms with van der Waals surface area (Å²) in [5.74, 6) is 1.18. The van der Waals surface area contributed by atoms with Gasteiger partial charge in [0.15, 0.2) is 0 Å². The molecule has 0 radical (unpaired) electrons. The number of hydrogen-bond donors (Lipinski definition) is 1. The zero-order chi connectivity index (χ0) is 10.1. The van der Waals surface area contributed by atoms with Gasteiger partial charge in [-0.1, -0.05) is 24.6 Å². The van der Waals surface area contributed by atoms with Gasteiger partial charge < -0.3 is 5.32 Å². The topological polar surface area (TPSA) is 12.0 Å². The SMILES string of the molecule is CCC1=C(CCl)[C@@H]2CC(Cl)=CC[C@@H]2N1. The Bertz CT molecular complexity index is 294. The van der Waals surface area contributed by atoms with Crippen molar-refractivity contribution in [2.24, 2.45) is 5.92 Å². The lowest BCUT2D eigenvalue weighted by molar-refractivity contribution is 0.451. The molecule has 14 heavy (non-hydrogen) atoms. The molecule has 0 saturated heterocycles. The molecule has 1 N–H and O–H groups in total. The molecule has 0 spiro atoms. The molecule has 78 valence electrons. The third-order valence-electron chi connectivity index (χ3n) is 3.19. The van der Waals surface area contributed by atoms with Crippen molar-refractivity contribution in [2.45, 2.75) is 32.2 Å². The molecule has 1 aliphatic carbocycles. The van der Waals surface area contributed by atoms with Crippen LogP contribution < -0.4 is 5.32 Å². The maximum absolute atomic E-state index is 6.06. The molecule has 0 unspecified atom stereocenters. The Labute approximate surface area is 95.2 Å². The van der Waals surface area contributed by atoms with Crippen molar-refractivity contribution in [3.8, 4) is 0 Å². The first-order valence-electron chi connectivity index (χ1n) is 5.15. The van der Waals surface area contributed by atoms with E-state index in [-0.39, 0.29) is 0 Å². The largest absolute Gasteiger partial charge is 0.385 e. The molecule has 2 aliphatic rings. The fourth-order valence-corrected chi connectivity index (χ4v) is 3.04. The lowest BCUT2D eigenvalue weighted by Crippen LogP contribution is -2.30. The Morgan fingerprint density at radius 1 is 1.57 bits per heavy atom. The summed E-state index contributed by atoms with van der Waals surface area (Å²) in [6, 6.07) is 0.543. The molecule has 1 aliphatic heterocycles. The van der Waals surface area contributed by atoms with E-state index in [9.17, 15) is 0 Å². The standard InChI is InChI=1S/C11H15Cl2N/c1-2-10-9(6-12)8-5-7(13)3-4-11(8)14-10/h3,8,11,14H,2,4-6H2,1H3/t8-,11-/m0/s1. The van der Waals surface area contributed by atoms with E-state index in [1.165, 1.54) is 11.3 Å². The van der Waals surface area contributed by atoms with Crippen LogP contribution in [0, 0.1) is 5.92 Å². The first kappa shape index (κ1) is 10.4. The summed E-state index contributed by atoms with van der Waals surface area (Å²) in [7, 11) is 0. The number of allylic oxidation sites excluding steroid dienone is 2. The van der Waals surface area contributed by atoms with Gasteiger partial charge in [0.2, 0.25) is 0 Å². The Morgan fingerprint density at radius 3 is 3.00 bits per heavy atom. The first-order valence-corrected chi connectivity index (χ1v) is 6.06. The second kappa shape index (κ2) is 4.16. The normalized spacial score (nSPS) is 31.2. The fourth-order valence-electron chi connectivity index (χ4n) is 2.43. The van der Waals surface area contributed by atoms with Crippen molar-refractivity contribution in [1.29, 1.82) is 0 Å². The smallest absolute Gasteiger partial charge is 0.0456 e. The highest BCUT2D eigenvalue weighted by Crippen LogP contribution is 2.38. The predicted molar refractivity (Wildman–Crippen MR) is 61.6 cm³/mol. The maximum atomic E-state index is 6.06. The molecule has 0 aromatic rings. The van der Waals surface area contributed by atoms with Crippen molar-refractivity contribution in [1.82, 2.24) is 5.32 Å². The quantitative estimate of drug-likeness (QED) is 0.719. The minimum Gasteiger partial charge on any atom is -0.385 e. The highest BCUT2D eigenvalue weighted by atomic mass is 35.5. The van der Waals surface area contributed by atoms with E-state index < -0.39 is 0 Å². The van der Waals surface area contributed by atoms with E-state index in [1.54, 1.807) is 0 Å². The van der Waals surface area contributed by atoms with Gasteiger partial charge in [-0.2, -0.15) is 0 Å². The Kier molecular flexibility index (Phi) is 3.08. The molecule has 1 heterocycles. The molecule has 0 aromatic carbocycles. The van der Waals surface area contributed by atoms with Crippen LogP contribution in [0.2, 0.25) is 0 Å². The van der Waals surface area contributed by atoms with E-state index in [0.29, 0.717) is 17.8 Å². The van der Waals surface area contributed by atoms with Crippen LogP contribution in [0.4, 0.5) is 0 Å². The molecule has 2 atom stereocenters. The molecular formula is C11H15Cl2N. The summed E-state index contributed by atoms with van der Waals surface area (Å²) in [5, 5.41) is 4.55. The summed E-state index contributed by atoms with van der Waals surface area (Å²) in [5.41, 5.74) is 2.72. The second-order valence-corrected chi connectivity index (χ2v) is 4.69. The Hall–Kier alpha value is -0.140. The number of rotatable bonds is 2. The van der Waals surface area contributed by atoms with Crippen LogP contribution in [-0.2, 0) is 0 Å². The Balaban J connectivity index is 2.22. The number of fused-ring (bicyclic) bond motifs is 1. The maximum Gasteiger partial charge on any atom is 0.0456 e. The van der Waals surface area contributed by atoms with Crippen LogP contribution in [0.5, 0.6) is 0 Å². The van der Waals surface area contributed by atoms with Crippen molar-refractivity contribution < 1.29 is 0 Å². The van der Waals surface area contributed by atoms with Crippen molar-refractivity contribution in [3.05, 3.63) is 22.4 Å². The summed E-state index contributed by atoms with van der Waals surface area (Å²) in [4.78, 5) is 0. The van der Waals surface area contributed by atoms with Gasteiger partial charge >= 0.3 is 0 Å². The van der Waals surface area contributed by atoms with Crippen molar-refractivity contribution >= 4 is 23.2 Å². The summed E-state index contributed by atoms with van der Waals surface area (Å²) in [6.07, 6.45) is 5.17. The van der Waals surface area contributed by atoms with Gasteiger partial charge in [-0.25, -0.2) is 0 Å². The van der Waals surface area contributed by atoms with Gasteiger partial charge in [-0.3, -0.25) is 0 Å². The van der Waals surface area contributed by atoms with Gasteiger partial charge in [0.25, 0.3) is 0 Å². The van der Waals surface area contributed by atoms with Crippen molar-refractivity contribution in [2.75, 3.05) is 5.88 Å². The molecular weight excluding hydrogens is 217 g/mol. The molecule has 3 heteroatoms. The number of hydrogen-bond acceptors (Lipinski definition) is 1. The molecule has 2 rings (SSSR count). The van der Waals surface area contributed by atoms with Gasteiger partial charge in [0, 0.05) is 28.6 Å². The minimum atomic E-state index is 0.542. The van der Waals surface area contributed by atoms with E-state index in [1.807, 2.05) is 0 Å². The minimum absolute atomic E-state index is 0.542. The zero-order valence-corrected chi connectivity index (χ0v) is 9.83. The summed E-state index contributed by atoms with van der Waals surface area (Å²) < 4.78 is 0. The third kappa shape index (κ3) is 1.68. The van der Waals surface area contributed by atoms with E-state index >= 15 is 0 Å². The van der Waals surface area contributed by atoms with Crippen LogP contribution in [0.1, 0.15) is 26.2 Å². The summed E-state index contributed by atoms with van der Waals surface area (Å²) in [6.45, 7) is 2.17. The molecule has 0 amide bonds. The van der Waals surface area contributed by atoms with Gasteiger partial charge in [-0.05, 0) is 24.8 Å². The molecule has 0 aromatic heterocycles. The highest BCUT2D eigenvalue weighted by molar-refractivity contribution is 6.29. The van der Waals surface area contributed by atoms with Crippen LogP contribution >= 0.6 is 23.2 Å². The van der Waals surface area contributed by atoms with E-state index in [4.69, 9.17) is 23.2 Å². The monoisotopic (exact) mass is 231 g/mol. The average molecular weight is 232 g/mol. The lowest BCUT2D eigenvalue weighted by atomic mass is 9.86. The fraction of sp³-hybridized carbons (Fsp3) is 0.636. The predicted octanol–water partition coefficient (Wildman–Crippen LogP) is 3.39. The van der Waals surface area contributed by atoms with Crippen LogP contribution in [0.15, 0.2) is 22.4 Å². The highest BCUT2D eigenvalue weighted by Gasteiger charge is 2.34. The zero-order valence-electron chi connectivity index (χ0n) is 8.32. The van der Waals surface area contributed by atoms with E-state index in [0.717, 1.165) is 24.3 Å². The average Bonchev–Trinajstić information content (AvgIpc) is 2.54. The molecule has 0 bridgehead atoms. The Morgan fingerprint density at radius 2 is 2.36 bits per heavy atom. The van der Waals surface area contributed by atoms with Gasteiger partial charge in [0.1, 0.15) is 0 Å². The molecule has 0 fully saturated rings. The van der Waals surface area contributed by atoms with Crippen LogP contribution in [0.25, 0.3) is 0 Å². The van der Waals surface area contributed by atoms with Crippen molar-refractivity contribution in [3.63, 3.8) is 0 Å². The van der Waals surface area contributed by atoms with Gasteiger partial charge in [0.05, 0.1) is 0 Å². The summed E-state index contributed by atoms with van der Waals surface area (Å²) >= 11 is 12.1. The number of halogens is 2. The van der Waals surface area contributed by atoms with Gasteiger partial charge in [-0.15, -0.1) is 11.6 Å². The van der Waals surface area contributed by atoms with E-state index in [2.05, 4.69) is 18.3 Å². The molecule has 1 nitrogen and oxygen atoms in total. The number of nitrogens with one attached hydrogen (secondary N) is 1. The van der Waals surface area contributed by atoms with Crippen LogP contribution in [0.3, 0.4) is 0 Å². The lowest BCUT2D eigenvalue weighted by Gasteiger charge is -2.24. The third-order valence-corrected chi connectivity index (χ3v) is 3.78.